The first kappa shape index (κ1) is 28.6. The Morgan fingerprint density at radius 1 is 0.846 bits per heavy atom. The normalized spacial score (nSPS) is 12.2. The van der Waals surface area contributed by atoms with Gasteiger partial charge in [-0.1, -0.05) is 83.9 Å². The van der Waals surface area contributed by atoms with Crippen LogP contribution in [0.15, 0.2) is 108 Å². The molecule has 0 fully saturated rings. The van der Waals surface area contributed by atoms with Crippen LogP contribution < -0.4 is 9.62 Å². The first-order chi connectivity index (χ1) is 18.7. The minimum absolute atomic E-state index is 0.0160. The van der Waals surface area contributed by atoms with Gasteiger partial charge in [-0.2, -0.15) is 0 Å². The number of benzene rings is 4. The maximum absolute atomic E-state index is 15.0. The number of rotatable bonds is 10. The molecule has 0 saturated carbocycles. The topological polar surface area (TPSA) is 66.5 Å². The van der Waals surface area contributed by atoms with Crippen molar-refractivity contribution >= 4 is 44.8 Å². The number of carbonyl (C=O) groups excluding carboxylic acids is 1. The first-order valence-corrected chi connectivity index (χ1v) is 14.5. The van der Waals surface area contributed by atoms with Crippen LogP contribution in [0.2, 0.25) is 10.0 Å². The molecule has 1 unspecified atom stereocenters. The number of hydrogen-bond acceptors (Lipinski definition) is 3. The molecule has 1 N–H and O–H groups in total. The van der Waals surface area contributed by atoms with Gasteiger partial charge in [-0.15, -0.1) is 0 Å². The van der Waals surface area contributed by atoms with Crippen LogP contribution in [0.5, 0.6) is 0 Å². The van der Waals surface area contributed by atoms with Crippen molar-refractivity contribution in [1.29, 1.82) is 0 Å². The van der Waals surface area contributed by atoms with Crippen molar-refractivity contribution in [1.82, 2.24) is 5.32 Å². The van der Waals surface area contributed by atoms with Crippen molar-refractivity contribution in [3.8, 4) is 0 Å². The van der Waals surface area contributed by atoms with Crippen LogP contribution in [-0.4, -0.2) is 26.9 Å². The molecule has 0 aliphatic heterocycles. The molecular weight excluding hydrogens is 558 g/mol. The van der Waals surface area contributed by atoms with Gasteiger partial charge in [0.25, 0.3) is 10.0 Å². The van der Waals surface area contributed by atoms with E-state index in [0.29, 0.717) is 11.4 Å². The number of anilines is 1. The summed E-state index contributed by atoms with van der Waals surface area (Å²) in [5.74, 6) is -1.39. The molecule has 9 heteroatoms. The maximum atomic E-state index is 15.0. The molecule has 202 valence electrons. The largest absolute Gasteiger partial charge is 0.354 e. The fraction of sp³-hybridized carbons (Fsp3) is 0.167. The Balaban J connectivity index is 1.59. The van der Waals surface area contributed by atoms with Crippen LogP contribution in [0.3, 0.4) is 0 Å². The molecule has 1 amide bonds. The summed E-state index contributed by atoms with van der Waals surface area (Å²) in [5.41, 5.74) is 1.87. The maximum Gasteiger partial charge on any atom is 0.265 e. The highest BCUT2D eigenvalue weighted by atomic mass is 35.5. The summed E-state index contributed by atoms with van der Waals surface area (Å²) >= 11 is 12.0. The Bertz CT molecular complexity index is 1480. The molecule has 0 bridgehead atoms. The van der Waals surface area contributed by atoms with Crippen molar-refractivity contribution in [3.05, 3.63) is 130 Å². The fourth-order valence-electron chi connectivity index (χ4n) is 4.41. The molecule has 0 saturated heterocycles. The van der Waals surface area contributed by atoms with E-state index in [-0.39, 0.29) is 28.1 Å². The van der Waals surface area contributed by atoms with Crippen molar-refractivity contribution in [2.24, 2.45) is 0 Å². The summed E-state index contributed by atoms with van der Waals surface area (Å²) < 4.78 is 43.1. The Kier molecular flexibility index (Phi) is 9.28. The van der Waals surface area contributed by atoms with Gasteiger partial charge in [-0.3, -0.25) is 9.10 Å². The summed E-state index contributed by atoms with van der Waals surface area (Å²) in [4.78, 5) is 13.2. The van der Waals surface area contributed by atoms with E-state index in [1.54, 1.807) is 0 Å². The molecule has 0 radical (unpaired) electrons. The number of hydrogen-bond donors (Lipinski definition) is 1. The molecule has 5 nitrogen and oxygen atoms in total. The lowest BCUT2D eigenvalue weighted by molar-refractivity contribution is -0.121. The van der Waals surface area contributed by atoms with Gasteiger partial charge in [0.05, 0.1) is 10.6 Å². The Morgan fingerprint density at radius 2 is 1.38 bits per heavy atom. The average molecular weight is 586 g/mol. The third-order valence-corrected chi connectivity index (χ3v) is 8.77. The number of halogens is 3. The van der Waals surface area contributed by atoms with Gasteiger partial charge < -0.3 is 5.32 Å². The summed E-state index contributed by atoms with van der Waals surface area (Å²) in [6, 6.07) is 27.6. The van der Waals surface area contributed by atoms with E-state index < -0.39 is 27.8 Å². The number of nitrogens with one attached hydrogen (secondary N) is 1. The van der Waals surface area contributed by atoms with Gasteiger partial charge in [0.15, 0.2) is 0 Å². The van der Waals surface area contributed by atoms with Gasteiger partial charge in [0, 0.05) is 22.5 Å². The minimum Gasteiger partial charge on any atom is -0.354 e. The van der Waals surface area contributed by atoms with Gasteiger partial charge in [0.1, 0.15) is 11.9 Å². The summed E-state index contributed by atoms with van der Waals surface area (Å²) in [6.07, 6.45) is 0.571. The zero-order valence-electron chi connectivity index (χ0n) is 21.1. The van der Waals surface area contributed by atoms with Crippen LogP contribution in [0.25, 0.3) is 0 Å². The van der Waals surface area contributed by atoms with E-state index in [1.807, 2.05) is 60.7 Å². The molecule has 4 aromatic rings. The number of amides is 1. The number of nitrogens with zero attached hydrogens (tertiary/aromatic N) is 1. The Hall–Kier alpha value is -3.39. The molecule has 0 heterocycles. The standard InChI is InChI=1S/C30H27Cl2FN2O3S/c1-21(30(36)34-19-18-27(22-8-4-2-5-9-22)23-10-6-3-7-11-23)35(29-20-25(32)14-17-28(29)33)39(37,38)26-15-12-24(31)13-16-26/h2-17,20-21,27H,18-19H2,1H3,(H,34,36). The lowest BCUT2D eigenvalue weighted by Gasteiger charge is -2.30. The number of carbonyl (C=O) groups is 1. The highest BCUT2D eigenvalue weighted by Crippen LogP contribution is 2.32. The van der Waals surface area contributed by atoms with Gasteiger partial charge >= 0.3 is 0 Å². The summed E-state index contributed by atoms with van der Waals surface area (Å²) in [7, 11) is -4.37. The van der Waals surface area contributed by atoms with Crippen LogP contribution in [0.4, 0.5) is 10.1 Å². The number of sulfonamides is 1. The Labute approximate surface area is 238 Å². The second-order valence-corrected chi connectivity index (χ2v) is 11.7. The van der Waals surface area contributed by atoms with E-state index in [9.17, 15) is 17.6 Å². The summed E-state index contributed by atoms with van der Waals surface area (Å²) in [6.45, 7) is 1.68. The van der Waals surface area contributed by atoms with Crippen molar-refractivity contribution in [2.45, 2.75) is 30.2 Å². The van der Waals surface area contributed by atoms with Gasteiger partial charge in [0.2, 0.25) is 5.91 Å². The molecular formula is C30H27Cl2FN2O3S. The van der Waals surface area contributed by atoms with Crippen molar-refractivity contribution in [2.75, 3.05) is 10.8 Å². The third-order valence-electron chi connectivity index (χ3n) is 6.38. The molecule has 39 heavy (non-hydrogen) atoms. The predicted molar refractivity (Wildman–Crippen MR) is 154 cm³/mol. The van der Waals surface area contributed by atoms with Crippen molar-refractivity contribution in [3.63, 3.8) is 0 Å². The van der Waals surface area contributed by atoms with E-state index in [2.05, 4.69) is 5.32 Å². The molecule has 0 aromatic heterocycles. The zero-order chi connectivity index (χ0) is 28.0. The second kappa shape index (κ2) is 12.6. The lowest BCUT2D eigenvalue weighted by Crippen LogP contribution is -2.48. The minimum atomic E-state index is -4.37. The van der Waals surface area contributed by atoms with Crippen LogP contribution in [0.1, 0.15) is 30.4 Å². The molecule has 0 aliphatic carbocycles. The third kappa shape index (κ3) is 6.79. The second-order valence-electron chi connectivity index (χ2n) is 8.98. The first-order valence-electron chi connectivity index (χ1n) is 12.3. The van der Waals surface area contributed by atoms with E-state index in [0.717, 1.165) is 21.5 Å². The highest BCUT2D eigenvalue weighted by molar-refractivity contribution is 7.93. The SMILES string of the molecule is CC(C(=O)NCCC(c1ccccc1)c1ccccc1)N(c1cc(Cl)ccc1F)S(=O)(=O)c1ccc(Cl)cc1. The van der Waals surface area contributed by atoms with E-state index in [4.69, 9.17) is 23.2 Å². The van der Waals surface area contributed by atoms with E-state index in [1.165, 1.54) is 43.3 Å². The van der Waals surface area contributed by atoms with Crippen LogP contribution in [-0.2, 0) is 14.8 Å². The molecule has 0 spiro atoms. The molecule has 0 aliphatic rings. The quantitative estimate of drug-likeness (QED) is 0.217. The average Bonchev–Trinajstić information content (AvgIpc) is 2.94. The van der Waals surface area contributed by atoms with E-state index >= 15 is 0 Å². The van der Waals surface area contributed by atoms with Crippen molar-refractivity contribution < 1.29 is 17.6 Å². The van der Waals surface area contributed by atoms with Crippen LogP contribution >= 0.6 is 23.2 Å². The molecule has 4 rings (SSSR count). The highest BCUT2D eigenvalue weighted by Gasteiger charge is 2.35. The molecule has 4 aromatic carbocycles. The van der Waals surface area contributed by atoms with Gasteiger partial charge in [-0.05, 0) is 66.9 Å². The monoisotopic (exact) mass is 584 g/mol. The van der Waals surface area contributed by atoms with Gasteiger partial charge in [-0.25, -0.2) is 12.8 Å². The summed E-state index contributed by atoms with van der Waals surface area (Å²) in [5, 5.41) is 3.32. The smallest absolute Gasteiger partial charge is 0.265 e. The van der Waals surface area contributed by atoms with Crippen LogP contribution in [0, 0.1) is 5.82 Å². The zero-order valence-corrected chi connectivity index (χ0v) is 23.4. The fourth-order valence-corrected chi connectivity index (χ4v) is 6.32. The lowest BCUT2D eigenvalue weighted by atomic mass is 9.88. The molecule has 1 atom stereocenters. The Morgan fingerprint density at radius 3 is 1.95 bits per heavy atom. The predicted octanol–water partition coefficient (Wildman–Crippen LogP) is 7.05.